The van der Waals surface area contributed by atoms with Crippen molar-refractivity contribution in [3.05, 3.63) is 29.8 Å². The summed E-state index contributed by atoms with van der Waals surface area (Å²) in [6.45, 7) is 1.79. The highest BCUT2D eigenvalue weighted by Gasteiger charge is 2.21. The molecule has 0 aliphatic carbocycles. The van der Waals surface area contributed by atoms with E-state index in [9.17, 15) is 4.79 Å². The molecule has 0 saturated carbocycles. The lowest BCUT2D eigenvalue weighted by molar-refractivity contribution is 0.0775. The number of hydrogen-bond acceptors (Lipinski definition) is 3. The van der Waals surface area contributed by atoms with Gasteiger partial charge in [0.1, 0.15) is 5.75 Å². The molecule has 1 atom stereocenters. The summed E-state index contributed by atoms with van der Waals surface area (Å²) < 4.78 is 5.15. The van der Waals surface area contributed by atoms with E-state index in [1.54, 1.807) is 32.2 Å². The van der Waals surface area contributed by atoms with E-state index in [1.165, 1.54) is 12.0 Å². The molecule has 1 aromatic rings. The van der Waals surface area contributed by atoms with Gasteiger partial charge < -0.3 is 15.4 Å². The number of thiocarbonyl (C=S) groups is 1. The molecule has 0 spiro atoms. The van der Waals surface area contributed by atoms with Gasteiger partial charge in [0.25, 0.3) is 5.91 Å². The number of hydrogen-bond donors (Lipinski definition) is 1. The number of nitrogens with zero attached hydrogens (tertiary/aromatic N) is 1. The van der Waals surface area contributed by atoms with Crippen LogP contribution in [-0.2, 0) is 0 Å². The van der Waals surface area contributed by atoms with E-state index in [2.05, 4.69) is 0 Å². The molecule has 1 unspecified atom stereocenters. The summed E-state index contributed by atoms with van der Waals surface area (Å²) in [4.78, 5) is 14.0. The Bertz CT molecular complexity index is 434. The Morgan fingerprint density at radius 1 is 1.47 bits per heavy atom. The number of para-hydroxylation sites is 1. The zero-order valence-electron chi connectivity index (χ0n) is 10.1. The van der Waals surface area contributed by atoms with Gasteiger partial charge in [0.2, 0.25) is 0 Å². The summed E-state index contributed by atoms with van der Waals surface area (Å²) in [6.07, 6.45) is 0. The van der Waals surface area contributed by atoms with Crippen LogP contribution in [0.2, 0.25) is 0 Å². The third-order valence-electron chi connectivity index (χ3n) is 2.65. The predicted octanol–water partition coefficient (Wildman–Crippen LogP) is 1.44. The number of amides is 1. The van der Waals surface area contributed by atoms with Crippen molar-refractivity contribution in [3.8, 4) is 5.75 Å². The summed E-state index contributed by atoms with van der Waals surface area (Å²) in [5.74, 6) is 0.377. The number of ether oxygens (including phenoxy) is 1. The molecule has 92 valence electrons. The molecule has 0 aliphatic rings. The minimum Gasteiger partial charge on any atom is -0.496 e. The van der Waals surface area contributed by atoms with E-state index in [1.807, 2.05) is 6.07 Å². The van der Waals surface area contributed by atoms with Crippen molar-refractivity contribution >= 4 is 23.1 Å². The molecule has 1 rings (SSSR count). The number of rotatable bonds is 4. The maximum absolute atomic E-state index is 12.2. The number of nitrogens with two attached hydrogens (primary N) is 1. The van der Waals surface area contributed by atoms with Crippen LogP contribution in [-0.4, -0.2) is 36.0 Å². The molecule has 5 heteroatoms. The highest BCUT2D eigenvalue weighted by molar-refractivity contribution is 7.80. The summed E-state index contributed by atoms with van der Waals surface area (Å²) in [5.41, 5.74) is 6.03. The Morgan fingerprint density at radius 3 is 2.59 bits per heavy atom. The Morgan fingerprint density at radius 2 is 2.06 bits per heavy atom. The second kappa shape index (κ2) is 5.63. The van der Waals surface area contributed by atoms with Gasteiger partial charge in [-0.2, -0.15) is 0 Å². The fourth-order valence-corrected chi connectivity index (χ4v) is 1.54. The SMILES string of the molecule is COc1ccccc1C(=O)N(C)C(C)C(N)=S. The topological polar surface area (TPSA) is 55.6 Å². The van der Waals surface area contributed by atoms with Gasteiger partial charge in [0.15, 0.2) is 0 Å². The standard InChI is InChI=1S/C12H16N2O2S/c1-8(11(13)17)14(2)12(15)9-6-4-5-7-10(9)16-3/h4-8H,1-3H3,(H2,13,17). The average molecular weight is 252 g/mol. The molecule has 1 amide bonds. The second-order valence-electron chi connectivity index (χ2n) is 3.69. The number of carbonyl (C=O) groups is 1. The molecule has 0 fully saturated rings. The van der Waals surface area contributed by atoms with E-state index in [-0.39, 0.29) is 16.9 Å². The van der Waals surface area contributed by atoms with E-state index >= 15 is 0 Å². The first-order valence-electron chi connectivity index (χ1n) is 5.18. The van der Waals surface area contributed by atoms with Gasteiger partial charge >= 0.3 is 0 Å². The van der Waals surface area contributed by atoms with Crippen LogP contribution >= 0.6 is 12.2 Å². The van der Waals surface area contributed by atoms with Gasteiger partial charge in [0.05, 0.1) is 23.7 Å². The smallest absolute Gasteiger partial charge is 0.257 e. The maximum atomic E-state index is 12.2. The average Bonchev–Trinajstić information content (AvgIpc) is 2.35. The summed E-state index contributed by atoms with van der Waals surface area (Å²) in [5, 5.41) is 0. The van der Waals surface area contributed by atoms with Gasteiger partial charge in [-0.05, 0) is 19.1 Å². The molecule has 0 heterocycles. The molecule has 0 aliphatic heterocycles. The van der Waals surface area contributed by atoms with Crippen molar-refractivity contribution < 1.29 is 9.53 Å². The Kier molecular flexibility index (Phi) is 4.45. The lowest BCUT2D eigenvalue weighted by atomic mass is 10.1. The van der Waals surface area contributed by atoms with Crippen LogP contribution in [0.5, 0.6) is 5.75 Å². The second-order valence-corrected chi connectivity index (χ2v) is 4.17. The normalized spacial score (nSPS) is 11.7. The summed E-state index contributed by atoms with van der Waals surface area (Å²) >= 11 is 4.88. The van der Waals surface area contributed by atoms with Gasteiger partial charge in [-0.15, -0.1) is 0 Å². The molecule has 2 N–H and O–H groups in total. The van der Waals surface area contributed by atoms with Crippen molar-refractivity contribution in [2.24, 2.45) is 5.73 Å². The number of methoxy groups -OCH3 is 1. The monoisotopic (exact) mass is 252 g/mol. The van der Waals surface area contributed by atoms with Crippen LogP contribution < -0.4 is 10.5 Å². The zero-order valence-corrected chi connectivity index (χ0v) is 11.0. The van der Waals surface area contributed by atoms with Gasteiger partial charge in [-0.25, -0.2) is 0 Å². The van der Waals surface area contributed by atoms with Gasteiger partial charge in [-0.1, -0.05) is 24.4 Å². The fraction of sp³-hybridized carbons (Fsp3) is 0.333. The summed E-state index contributed by atoms with van der Waals surface area (Å²) in [7, 11) is 3.20. The lowest BCUT2D eigenvalue weighted by Crippen LogP contribution is -2.42. The van der Waals surface area contributed by atoms with Crippen molar-refractivity contribution in [3.63, 3.8) is 0 Å². The highest BCUT2D eigenvalue weighted by atomic mass is 32.1. The third-order valence-corrected chi connectivity index (χ3v) is 2.99. The van der Waals surface area contributed by atoms with Gasteiger partial charge in [-0.3, -0.25) is 4.79 Å². The molecule has 4 nitrogen and oxygen atoms in total. The first kappa shape index (κ1) is 13.4. The van der Waals surface area contributed by atoms with E-state index in [0.717, 1.165) is 0 Å². The number of carbonyl (C=O) groups excluding carboxylic acids is 1. The fourth-order valence-electron chi connectivity index (χ4n) is 1.38. The van der Waals surface area contributed by atoms with Crippen molar-refractivity contribution in [2.45, 2.75) is 13.0 Å². The largest absolute Gasteiger partial charge is 0.496 e. The molecule has 0 bridgehead atoms. The maximum Gasteiger partial charge on any atom is 0.257 e. The number of likely N-dealkylation sites (N-methyl/N-ethyl adjacent to an activating group) is 1. The van der Waals surface area contributed by atoms with E-state index < -0.39 is 0 Å². The molecule has 0 saturated heterocycles. The van der Waals surface area contributed by atoms with Crippen LogP contribution in [0, 0.1) is 0 Å². The Balaban J connectivity index is 3.00. The molecule has 0 aromatic heterocycles. The van der Waals surface area contributed by atoms with Crippen molar-refractivity contribution in [1.29, 1.82) is 0 Å². The molecular formula is C12H16N2O2S. The Hall–Kier alpha value is -1.62. The van der Waals surface area contributed by atoms with Crippen LogP contribution in [0.15, 0.2) is 24.3 Å². The van der Waals surface area contributed by atoms with Crippen molar-refractivity contribution in [2.75, 3.05) is 14.2 Å². The predicted molar refractivity (Wildman–Crippen MR) is 71.3 cm³/mol. The molecule has 17 heavy (non-hydrogen) atoms. The van der Waals surface area contributed by atoms with Crippen LogP contribution in [0.1, 0.15) is 17.3 Å². The van der Waals surface area contributed by atoms with Crippen LogP contribution in [0.25, 0.3) is 0 Å². The lowest BCUT2D eigenvalue weighted by Gasteiger charge is -2.24. The molecule has 1 aromatic carbocycles. The van der Waals surface area contributed by atoms with E-state index in [4.69, 9.17) is 22.7 Å². The first-order valence-corrected chi connectivity index (χ1v) is 5.59. The zero-order chi connectivity index (χ0) is 13.0. The molecular weight excluding hydrogens is 236 g/mol. The highest BCUT2D eigenvalue weighted by Crippen LogP contribution is 2.19. The van der Waals surface area contributed by atoms with Crippen LogP contribution in [0.4, 0.5) is 0 Å². The number of benzene rings is 1. The van der Waals surface area contributed by atoms with Crippen molar-refractivity contribution in [1.82, 2.24) is 4.90 Å². The quantitative estimate of drug-likeness (QED) is 0.824. The van der Waals surface area contributed by atoms with Crippen LogP contribution in [0.3, 0.4) is 0 Å². The minimum absolute atomic E-state index is 0.164. The minimum atomic E-state index is -0.289. The molecule has 0 radical (unpaired) electrons. The third kappa shape index (κ3) is 2.94. The summed E-state index contributed by atoms with van der Waals surface area (Å²) in [6, 6.07) is 6.76. The Labute approximate surface area is 106 Å². The van der Waals surface area contributed by atoms with E-state index in [0.29, 0.717) is 11.3 Å². The first-order chi connectivity index (χ1) is 7.99. The van der Waals surface area contributed by atoms with Gasteiger partial charge in [0, 0.05) is 7.05 Å².